The highest BCUT2D eigenvalue weighted by atomic mass is 14.9. The smallest absolute Gasteiger partial charge is 0.00150 e. The molecule has 16 heavy (non-hydrogen) atoms. The van der Waals surface area contributed by atoms with Crippen molar-refractivity contribution >= 4 is 0 Å². The van der Waals surface area contributed by atoms with Gasteiger partial charge in [0.15, 0.2) is 0 Å². The van der Waals surface area contributed by atoms with Crippen LogP contribution in [-0.4, -0.2) is 13.1 Å². The van der Waals surface area contributed by atoms with Crippen LogP contribution in [-0.2, 0) is 0 Å². The molecule has 1 heterocycles. The van der Waals surface area contributed by atoms with Crippen LogP contribution >= 0.6 is 0 Å². The van der Waals surface area contributed by atoms with Crippen molar-refractivity contribution in [3.8, 4) is 0 Å². The van der Waals surface area contributed by atoms with Gasteiger partial charge in [0.25, 0.3) is 0 Å². The summed E-state index contributed by atoms with van der Waals surface area (Å²) in [6.07, 6.45) is 10.1. The molecule has 2 atom stereocenters. The summed E-state index contributed by atoms with van der Waals surface area (Å²) in [5.41, 5.74) is 1.24. The van der Waals surface area contributed by atoms with Crippen molar-refractivity contribution in [2.45, 2.75) is 65.7 Å². The Hall–Kier alpha value is -0.0400. The van der Waals surface area contributed by atoms with E-state index in [1.165, 1.54) is 58.0 Å². The molecule has 1 nitrogen and oxygen atoms in total. The summed E-state index contributed by atoms with van der Waals surface area (Å²) in [5.74, 6) is 0.932. The second kappa shape index (κ2) is 4.68. The SMILES string of the molecule is CCCC1CNCCC12CCCCC2(C)C. The van der Waals surface area contributed by atoms with E-state index in [0.29, 0.717) is 10.8 Å². The molecule has 0 radical (unpaired) electrons. The molecular weight excluding hydrogens is 194 g/mol. The lowest BCUT2D eigenvalue weighted by Crippen LogP contribution is -2.54. The van der Waals surface area contributed by atoms with Gasteiger partial charge in [-0.05, 0) is 55.5 Å². The van der Waals surface area contributed by atoms with Gasteiger partial charge in [0, 0.05) is 0 Å². The Morgan fingerprint density at radius 1 is 1.12 bits per heavy atom. The van der Waals surface area contributed by atoms with E-state index in [2.05, 4.69) is 26.1 Å². The molecule has 0 bridgehead atoms. The predicted molar refractivity (Wildman–Crippen MR) is 70.6 cm³/mol. The molecule has 2 fully saturated rings. The topological polar surface area (TPSA) is 12.0 Å². The zero-order chi connectivity index (χ0) is 11.6. The minimum atomic E-state index is 0.577. The van der Waals surface area contributed by atoms with Gasteiger partial charge in [0.2, 0.25) is 0 Å². The van der Waals surface area contributed by atoms with Crippen LogP contribution in [0.15, 0.2) is 0 Å². The van der Waals surface area contributed by atoms with Gasteiger partial charge in [-0.3, -0.25) is 0 Å². The molecule has 1 heteroatoms. The van der Waals surface area contributed by atoms with Gasteiger partial charge in [-0.1, -0.05) is 40.0 Å². The molecule has 2 aliphatic rings. The third kappa shape index (κ3) is 1.92. The number of hydrogen-bond acceptors (Lipinski definition) is 1. The van der Waals surface area contributed by atoms with Gasteiger partial charge in [-0.15, -0.1) is 0 Å². The number of piperidine rings is 1. The van der Waals surface area contributed by atoms with Crippen LogP contribution in [0.1, 0.15) is 65.7 Å². The highest BCUT2D eigenvalue weighted by Gasteiger charge is 2.51. The standard InChI is InChI=1S/C15H29N/c1-4-7-13-12-16-11-10-15(13)9-6-5-8-14(15,2)3/h13,16H,4-12H2,1-3H3. The van der Waals surface area contributed by atoms with E-state index in [1.54, 1.807) is 0 Å². The Kier molecular flexibility index (Phi) is 3.63. The van der Waals surface area contributed by atoms with Crippen molar-refractivity contribution in [2.75, 3.05) is 13.1 Å². The first-order valence-electron chi connectivity index (χ1n) is 7.33. The minimum absolute atomic E-state index is 0.577. The van der Waals surface area contributed by atoms with Crippen molar-refractivity contribution in [1.82, 2.24) is 5.32 Å². The molecular formula is C15H29N. The first-order valence-corrected chi connectivity index (χ1v) is 7.33. The molecule has 0 amide bonds. The monoisotopic (exact) mass is 223 g/mol. The van der Waals surface area contributed by atoms with Gasteiger partial charge >= 0.3 is 0 Å². The van der Waals surface area contributed by atoms with E-state index in [1.807, 2.05) is 0 Å². The Bertz CT molecular complexity index is 226. The van der Waals surface area contributed by atoms with E-state index in [4.69, 9.17) is 0 Å². The normalized spacial score (nSPS) is 38.8. The van der Waals surface area contributed by atoms with Gasteiger partial charge < -0.3 is 5.32 Å². The van der Waals surface area contributed by atoms with Gasteiger partial charge in [0.05, 0.1) is 0 Å². The lowest BCUT2D eigenvalue weighted by molar-refractivity contribution is -0.0641. The molecule has 1 aliphatic carbocycles. The fourth-order valence-corrected chi connectivity index (χ4v) is 4.53. The largest absolute Gasteiger partial charge is 0.316 e. The quantitative estimate of drug-likeness (QED) is 0.746. The maximum atomic E-state index is 3.63. The number of nitrogens with one attached hydrogen (secondary N) is 1. The average Bonchev–Trinajstić information content (AvgIpc) is 2.26. The summed E-state index contributed by atoms with van der Waals surface area (Å²) >= 11 is 0. The molecule has 2 rings (SSSR count). The second-order valence-corrected chi connectivity index (χ2v) is 6.69. The lowest BCUT2D eigenvalue weighted by Gasteiger charge is -2.57. The van der Waals surface area contributed by atoms with Crippen molar-refractivity contribution < 1.29 is 0 Å². The first kappa shape index (κ1) is 12.4. The third-order valence-corrected chi connectivity index (χ3v) is 5.58. The van der Waals surface area contributed by atoms with E-state index in [-0.39, 0.29) is 0 Å². The molecule has 1 spiro atoms. The van der Waals surface area contributed by atoms with Crippen LogP contribution in [0.3, 0.4) is 0 Å². The Morgan fingerprint density at radius 3 is 2.56 bits per heavy atom. The fourth-order valence-electron chi connectivity index (χ4n) is 4.53. The summed E-state index contributed by atoms with van der Waals surface area (Å²) in [7, 11) is 0. The van der Waals surface area contributed by atoms with Crippen LogP contribution < -0.4 is 5.32 Å². The molecule has 0 aromatic rings. The number of hydrogen-bond donors (Lipinski definition) is 1. The second-order valence-electron chi connectivity index (χ2n) is 6.69. The predicted octanol–water partition coefficient (Wildman–Crippen LogP) is 3.98. The summed E-state index contributed by atoms with van der Waals surface area (Å²) in [4.78, 5) is 0. The zero-order valence-corrected chi connectivity index (χ0v) is 11.4. The van der Waals surface area contributed by atoms with Gasteiger partial charge in [-0.25, -0.2) is 0 Å². The lowest BCUT2D eigenvalue weighted by atomic mass is 9.49. The van der Waals surface area contributed by atoms with Crippen molar-refractivity contribution in [3.63, 3.8) is 0 Å². The Morgan fingerprint density at radius 2 is 1.88 bits per heavy atom. The maximum absolute atomic E-state index is 3.63. The maximum Gasteiger partial charge on any atom is -0.00150 e. The minimum Gasteiger partial charge on any atom is -0.316 e. The summed E-state index contributed by atoms with van der Waals surface area (Å²) < 4.78 is 0. The molecule has 1 N–H and O–H groups in total. The van der Waals surface area contributed by atoms with Gasteiger partial charge in [0.1, 0.15) is 0 Å². The summed E-state index contributed by atoms with van der Waals surface area (Å²) in [6, 6.07) is 0. The zero-order valence-electron chi connectivity index (χ0n) is 11.4. The molecule has 1 saturated heterocycles. The molecule has 1 saturated carbocycles. The highest BCUT2D eigenvalue weighted by Crippen LogP contribution is 2.58. The van der Waals surface area contributed by atoms with Crippen molar-refractivity contribution in [3.05, 3.63) is 0 Å². The highest BCUT2D eigenvalue weighted by molar-refractivity contribution is 5.02. The third-order valence-electron chi connectivity index (χ3n) is 5.58. The van der Waals surface area contributed by atoms with E-state index in [0.717, 1.165) is 5.92 Å². The van der Waals surface area contributed by atoms with E-state index >= 15 is 0 Å². The number of rotatable bonds is 2. The summed E-state index contributed by atoms with van der Waals surface area (Å²) in [5, 5.41) is 3.63. The first-order chi connectivity index (χ1) is 7.62. The molecule has 1 aliphatic heterocycles. The van der Waals surface area contributed by atoms with E-state index in [9.17, 15) is 0 Å². The molecule has 94 valence electrons. The molecule has 0 aromatic carbocycles. The van der Waals surface area contributed by atoms with Crippen LogP contribution in [0.2, 0.25) is 0 Å². The Balaban J connectivity index is 2.22. The molecule has 2 unspecified atom stereocenters. The van der Waals surface area contributed by atoms with Crippen LogP contribution in [0.5, 0.6) is 0 Å². The van der Waals surface area contributed by atoms with Gasteiger partial charge in [-0.2, -0.15) is 0 Å². The Labute approximate surface area is 101 Å². The average molecular weight is 223 g/mol. The van der Waals surface area contributed by atoms with Crippen LogP contribution in [0.4, 0.5) is 0 Å². The summed E-state index contributed by atoms with van der Waals surface area (Å²) in [6.45, 7) is 9.96. The van der Waals surface area contributed by atoms with Crippen molar-refractivity contribution in [2.24, 2.45) is 16.7 Å². The van der Waals surface area contributed by atoms with Crippen LogP contribution in [0, 0.1) is 16.7 Å². The molecule has 0 aromatic heterocycles. The van der Waals surface area contributed by atoms with Crippen molar-refractivity contribution in [1.29, 1.82) is 0 Å². The fraction of sp³-hybridized carbons (Fsp3) is 1.00. The van der Waals surface area contributed by atoms with E-state index < -0.39 is 0 Å². The van der Waals surface area contributed by atoms with Crippen LogP contribution in [0.25, 0.3) is 0 Å².